The van der Waals surface area contributed by atoms with Crippen molar-refractivity contribution in [3.05, 3.63) is 30.0 Å². The second kappa shape index (κ2) is 6.35. The Kier molecular flexibility index (Phi) is 4.17. The van der Waals surface area contributed by atoms with Crippen LogP contribution in [-0.2, 0) is 9.47 Å². The molecule has 0 bridgehead atoms. The highest BCUT2D eigenvalue weighted by atomic mass is 16.5. The number of H-pyrrole nitrogens is 1. The maximum Gasteiger partial charge on any atom is 0.322 e. The predicted octanol–water partition coefficient (Wildman–Crippen LogP) is 3.28. The Morgan fingerprint density at radius 3 is 2.92 bits per heavy atom. The van der Waals surface area contributed by atoms with E-state index in [-0.39, 0.29) is 17.7 Å². The first-order valence-electron chi connectivity index (χ1n) is 8.94. The number of fused-ring (bicyclic) bond motifs is 1. The van der Waals surface area contributed by atoms with Gasteiger partial charge in [-0.05, 0) is 38.1 Å². The summed E-state index contributed by atoms with van der Waals surface area (Å²) < 4.78 is 11.7. The number of anilines is 1. The highest BCUT2D eigenvalue weighted by Crippen LogP contribution is 2.31. The van der Waals surface area contributed by atoms with Crippen molar-refractivity contribution in [3.63, 3.8) is 0 Å². The molecule has 6 nitrogen and oxygen atoms in total. The number of nitrogens with one attached hydrogen (secondary N) is 2. The van der Waals surface area contributed by atoms with Gasteiger partial charge >= 0.3 is 6.03 Å². The fraction of sp³-hybridized carbons (Fsp3) is 0.526. The molecule has 6 heteroatoms. The molecule has 134 valence electrons. The van der Waals surface area contributed by atoms with Crippen molar-refractivity contribution in [1.82, 2.24) is 9.88 Å². The van der Waals surface area contributed by atoms with Crippen LogP contribution >= 0.6 is 0 Å². The molecule has 3 heterocycles. The molecule has 2 aliphatic rings. The van der Waals surface area contributed by atoms with E-state index in [1.807, 2.05) is 36.9 Å². The number of ether oxygens (including phenoxy) is 2. The summed E-state index contributed by atoms with van der Waals surface area (Å²) in [6, 6.07) is 7.96. The molecule has 2 aliphatic heterocycles. The zero-order valence-electron chi connectivity index (χ0n) is 14.8. The van der Waals surface area contributed by atoms with Gasteiger partial charge in [0.05, 0.1) is 18.2 Å². The molecular formula is C19H25N3O3. The minimum absolute atomic E-state index is 0.0346. The molecule has 1 aromatic carbocycles. The lowest BCUT2D eigenvalue weighted by Crippen LogP contribution is -2.59. The topological polar surface area (TPSA) is 66.6 Å². The van der Waals surface area contributed by atoms with Gasteiger partial charge in [0.2, 0.25) is 0 Å². The van der Waals surface area contributed by atoms with Crippen LogP contribution in [0.15, 0.2) is 24.3 Å². The molecule has 1 spiro atoms. The molecule has 2 fully saturated rings. The fourth-order valence-corrected chi connectivity index (χ4v) is 3.96. The Bertz CT molecular complexity index is 779. The monoisotopic (exact) mass is 343 g/mol. The molecule has 2 saturated heterocycles. The average molecular weight is 343 g/mol. The minimum Gasteiger partial charge on any atom is -0.381 e. The number of morpholine rings is 1. The van der Waals surface area contributed by atoms with Gasteiger partial charge in [-0.2, -0.15) is 0 Å². The molecule has 4 rings (SSSR count). The van der Waals surface area contributed by atoms with Crippen LogP contribution in [0.2, 0.25) is 0 Å². The Morgan fingerprint density at radius 1 is 1.32 bits per heavy atom. The maximum absolute atomic E-state index is 12.8. The van der Waals surface area contributed by atoms with Crippen LogP contribution in [0.4, 0.5) is 10.5 Å². The summed E-state index contributed by atoms with van der Waals surface area (Å²) in [5.41, 5.74) is 2.75. The van der Waals surface area contributed by atoms with Crippen LogP contribution in [0.1, 0.15) is 25.5 Å². The van der Waals surface area contributed by atoms with Crippen molar-refractivity contribution in [2.24, 2.45) is 0 Å². The van der Waals surface area contributed by atoms with Gasteiger partial charge in [-0.3, -0.25) is 0 Å². The first-order valence-corrected chi connectivity index (χ1v) is 8.94. The van der Waals surface area contributed by atoms with Crippen molar-refractivity contribution in [2.45, 2.75) is 38.4 Å². The molecule has 1 aromatic heterocycles. The summed E-state index contributed by atoms with van der Waals surface area (Å²) in [4.78, 5) is 18.0. The number of benzene rings is 1. The average Bonchev–Trinajstić information content (AvgIpc) is 2.94. The van der Waals surface area contributed by atoms with Crippen LogP contribution in [0.3, 0.4) is 0 Å². The number of nitrogens with zero attached hydrogens (tertiary/aromatic N) is 1. The third-order valence-corrected chi connectivity index (χ3v) is 5.11. The summed E-state index contributed by atoms with van der Waals surface area (Å²) in [6.07, 6.45) is 1.72. The number of hydrogen-bond donors (Lipinski definition) is 2. The highest BCUT2D eigenvalue weighted by Gasteiger charge is 2.42. The van der Waals surface area contributed by atoms with E-state index >= 15 is 0 Å². The van der Waals surface area contributed by atoms with Gasteiger partial charge in [-0.1, -0.05) is 0 Å². The Morgan fingerprint density at radius 2 is 2.12 bits per heavy atom. The molecule has 0 unspecified atom stereocenters. The quantitative estimate of drug-likeness (QED) is 0.835. The molecule has 0 aliphatic carbocycles. The van der Waals surface area contributed by atoms with E-state index in [1.165, 1.54) is 0 Å². The lowest BCUT2D eigenvalue weighted by molar-refractivity contribution is -0.174. The lowest BCUT2D eigenvalue weighted by Gasteiger charge is -2.47. The van der Waals surface area contributed by atoms with Crippen molar-refractivity contribution >= 4 is 22.6 Å². The second-order valence-electron chi connectivity index (χ2n) is 7.29. The van der Waals surface area contributed by atoms with E-state index in [2.05, 4.69) is 16.4 Å². The smallest absolute Gasteiger partial charge is 0.322 e. The van der Waals surface area contributed by atoms with Gasteiger partial charge in [0.25, 0.3) is 0 Å². The predicted molar refractivity (Wildman–Crippen MR) is 97.0 cm³/mol. The molecule has 2 aromatic rings. The molecule has 0 saturated carbocycles. The van der Waals surface area contributed by atoms with Crippen LogP contribution in [0.5, 0.6) is 0 Å². The van der Waals surface area contributed by atoms with Gasteiger partial charge in [0.1, 0.15) is 0 Å². The maximum atomic E-state index is 12.8. The summed E-state index contributed by atoms with van der Waals surface area (Å²) >= 11 is 0. The SMILES string of the molecule is Cc1cc2cc(NC(=O)N3C[C@H](C)OC4(CCOCC4)C3)ccc2[nH]1. The number of aromatic nitrogens is 1. The number of hydrogen-bond acceptors (Lipinski definition) is 3. The minimum atomic E-state index is -0.255. The molecule has 0 radical (unpaired) electrons. The molecule has 2 amide bonds. The van der Waals surface area contributed by atoms with Gasteiger partial charge in [0, 0.05) is 54.9 Å². The van der Waals surface area contributed by atoms with Crippen molar-refractivity contribution in [1.29, 1.82) is 0 Å². The summed E-state index contributed by atoms with van der Waals surface area (Å²) in [7, 11) is 0. The molecular weight excluding hydrogens is 318 g/mol. The van der Waals surface area contributed by atoms with Gasteiger partial charge < -0.3 is 24.7 Å². The van der Waals surface area contributed by atoms with E-state index in [0.29, 0.717) is 26.3 Å². The number of carbonyl (C=O) groups excluding carboxylic acids is 1. The zero-order valence-corrected chi connectivity index (χ0v) is 14.8. The highest BCUT2D eigenvalue weighted by molar-refractivity contribution is 5.93. The Hall–Kier alpha value is -2.05. The first-order chi connectivity index (χ1) is 12.0. The number of aryl methyl sites for hydroxylation is 1. The van der Waals surface area contributed by atoms with Crippen LogP contribution in [-0.4, -0.2) is 53.9 Å². The van der Waals surface area contributed by atoms with Crippen molar-refractivity contribution in [2.75, 3.05) is 31.6 Å². The van der Waals surface area contributed by atoms with E-state index in [4.69, 9.17) is 9.47 Å². The van der Waals surface area contributed by atoms with Gasteiger partial charge in [-0.25, -0.2) is 4.79 Å². The molecule has 1 atom stereocenters. The van der Waals surface area contributed by atoms with Crippen LogP contribution in [0, 0.1) is 6.92 Å². The third-order valence-electron chi connectivity index (χ3n) is 5.11. The number of aromatic amines is 1. The fourth-order valence-electron chi connectivity index (χ4n) is 3.96. The van der Waals surface area contributed by atoms with E-state index in [9.17, 15) is 4.79 Å². The Labute approximate surface area is 147 Å². The van der Waals surface area contributed by atoms with Crippen molar-refractivity contribution < 1.29 is 14.3 Å². The van der Waals surface area contributed by atoms with E-state index in [1.54, 1.807) is 0 Å². The van der Waals surface area contributed by atoms with Crippen molar-refractivity contribution in [3.8, 4) is 0 Å². The lowest BCUT2D eigenvalue weighted by atomic mass is 9.91. The van der Waals surface area contributed by atoms with E-state index in [0.717, 1.165) is 35.1 Å². The van der Waals surface area contributed by atoms with Crippen LogP contribution < -0.4 is 5.32 Å². The summed E-state index contributed by atoms with van der Waals surface area (Å²) in [5.74, 6) is 0. The number of amides is 2. The number of urea groups is 1. The molecule has 25 heavy (non-hydrogen) atoms. The normalized spacial score (nSPS) is 23.1. The van der Waals surface area contributed by atoms with E-state index < -0.39 is 0 Å². The zero-order chi connectivity index (χ0) is 17.4. The Balaban J connectivity index is 1.48. The van der Waals surface area contributed by atoms with Gasteiger partial charge in [-0.15, -0.1) is 0 Å². The first kappa shape index (κ1) is 16.4. The standard InChI is InChI=1S/C19H25N3O3/c1-13-9-15-10-16(3-4-17(15)20-13)21-18(23)22-11-14(2)25-19(12-22)5-7-24-8-6-19/h3-4,9-10,14,20H,5-8,11-12H2,1-2H3,(H,21,23)/t14-/m0/s1. The largest absolute Gasteiger partial charge is 0.381 e. The molecule has 2 N–H and O–H groups in total. The van der Waals surface area contributed by atoms with Gasteiger partial charge in [0.15, 0.2) is 0 Å². The number of rotatable bonds is 1. The third kappa shape index (κ3) is 3.37. The summed E-state index contributed by atoms with van der Waals surface area (Å²) in [5, 5.41) is 4.15. The summed E-state index contributed by atoms with van der Waals surface area (Å²) in [6.45, 7) is 6.70. The second-order valence-corrected chi connectivity index (χ2v) is 7.29. The van der Waals surface area contributed by atoms with Crippen LogP contribution in [0.25, 0.3) is 10.9 Å². The number of carbonyl (C=O) groups is 1.